The van der Waals surface area contributed by atoms with E-state index in [4.69, 9.17) is 10.5 Å². The van der Waals surface area contributed by atoms with E-state index in [2.05, 4.69) is 0 Å². The number of phenolic OH excluding ortho intramolecular Hbond substituents is 1. The van der Waals surface area contributed by atoms with Gasteiger partial charge in [0.15, 0.2) is 0 Å². The molecule has 0 aliphatic heterocycles. The number of nitrogens with two attached hydrogens (primary N) is 1. The number of hydrogen-bond donors (Lipinski definition) is 2. The van der Waals surface area contributed by atoms with Crippen LogP contribution >= 0.6 is 0 Å². The van der Waals surface area contributed by atoms with Crippen molar-refractivity contribution >= 4 is 0 Å². The Bertz CT molecular complexity index is 299. The van der Waals surface area contributed by atoms with Gasteiger partial charge in [0.1, 0.15) is 5.75 Å². The second kappa shape index (κ2) is 4.98. The van der Waals surface area contributed by atoms with Crippen molar-refractivity contribution in [1.29, 1.82) is 0 Å². The summed E-state index contributed by atoms with van der Waals surface area (Å²) < 4.78 is 4.99. The van der Waals surface area contributed by atoms with Crippen molar-refractivity contribution in [1.82, 2.24) is 0 Å². The highest BCUT2D eigenvalue weighted by atomic mass is 16.5. The van der Waals surface area contributed by atoms with Gasteiger partial charge in [0.25, 0.3) is 0 Å². The summed E-state index contributed by atoms with van der Waals surface area (Å²) in [6, 6.07) is 5.26. The summed E-state index contributed by atoms with van der Waals surface area (Å²) in [6.45, 7) is 2.47. The molecular weight excluding hydrogens is 178 g/mol. The van der Waals surface area contributed by atoms with E-state index in [0.717, 1.165) is 17.5 Å². The summed E-state index contributed by atoms with van der Waals surface area (Å²) >= 11 is 0. The maximum atomic E-state index is 9.61. The Morgan fingerprint density at radius 1 is 1.50 bits per heavy atom. The third-order valence-corrected chi connectivity index (χ3v) is 2.29. The first-order chi connectivity index (χ1) is 6.70. The lowest BCUT2D eigenvalue weighted by Gasteiger charge is -2.15. The summed E-state index contributed by atoms with van der Waals surface area (Å²) in [4.78, 5) is 0. The standard InChI is InChI=1S/C11H17NO2/c1-3-8-9(10(12)7-14-2)5-4-6-11(8)13/h4-6,10,13H,3,7,12H2,1-2H3/t10-/m0/s1. The molecule has 0 heterocycles. The van der Waals surface area contributed by atoms with Crippen LogP contribution < -0.4 is 5.73 Å². The minimum absolute atomic E-state index is 0.165. The van der Waals surface area contributed by atoms with E-state index >= 15 is 0 Å². The molecule has 0 fully saturated rings. The van der Waals surface area contributed by atoms with Gasteiger partial charge in [-0.15, -0.1) is 0 Å². The van der Waals surface area contributed by atoms with E-state index < -0.39 is 0 Å². The van der Waals surface area contributed by atoms with Gasteiger partial charge >= 0.3 is 0 Å². The Morgan fingerprint density at radius 2 is 2.21 bits per heavy atom. The fourth-order valence-electron chi connectivity index (χ4n) is 1.59. The molecule has 0 radical (unpaired) electrons. The first-order valence-corrected chi connectivity index (χ1v) is 4.76. The zero-order valence-electron chi connectivity index (χ0n) is 8.66. The van der Waals surface area contributed by atoms with Gasteiger partial charge in [-0.05, 0) is 23.6 Å². The van der Waals surface area contributed by atoms with Crippen molar-refractivity contribution in [2.45, 2.75) is 19.4 Å². The van der Waals surface area contributed by atoms with Gasteiger partial charge in [0.2, 0.25) is 0 Å². The van der Waals surface area contributed by atoms with Gasteiger partial charge in [-0.25, -0.2) is 0 Å². The molecule has 1 aromatic carbocycles. The van der Waals surface area contributed by atoms with Crippen LogP contribution in [0.25, 0.3) is 0 Å². The molecular formula is C11H17NO2. The molecule has 1 rings (SSSR count). The number of phenols is 1. The first kappa shape index (κ1) is 11.0. The predicted molar refractivity (Wildman–Crippen MR) is 56.3 cm³/mol. The van der Waals surface area contributed by atoms with E-state index in [9.17, 15) is 5.11 Å². The maximum absolute atomic E-state index is 9.61. The molecule has 0 saturated carbocycles. The second-order valence-corrected chi connectivity index (χ2v) is 3.26. The third-order valence-electron chi connectivity index (χ3n) is 2.29. The van der Waals surface area contributed by atoms with E-state index in [1.54, 1.807) is 19.2 Å². The molecule has 0 aromatic heterocycles. The topological polar surface area (TPSA) is 55.5 Å². The highest BCUT2D eigenvalue weighted by Gasteiger charge is 2.12. The largest absolute Gasteiger partial charge is 0.508 e. The Balaban J connectivity index is 3.00. The highest BCUT2D eigenvalue weighted by Crippen LogP contribution is 2.25. The van der Waals surface area contributed by atoms with Crippen molar-refractivity contribution < 1.29 is 9.84 Å². The van der Waals surface area contributed by atoms with Crippen molar-refractivity contribution in [2.24, 2.45) is 5.73 Å². The molecule has 0 bridgehead atoms. The zero-order valence-corrected chi connectivity index (χ0v) is 8.66. The highest BCUT2D eigenvalue weighted by molar-refractivity contribution is 5.40. The average molecular weight is 195 g/mol. The normalized spacial score (nSPS) is 12.8. The van der Waals surface area contributed by atoms with Gasteiger partial charge in [-0.3, -0.25) is 0 Å². The summed E-state index contributed by atoms with van der Waals surface area (Å²) in [5.74, 6) is 0.316. The zero-order chi connectivity index (χ0) is 10.6. The maximum Gasteiger partial charge on any atom is 0.119 e. The number of ether oxygens (including phenoxy) is 1. The predicted octanol–water partition coefficient (Wildman–Crippen LogP) is 1.60. The molecule has 0 unspecified atom stereocenters. The molecule has 3 heteroatoms. The Morgan fingerprint density at radius 3 is 2.79 bits per heavy atom. The SMILES string of the molecule is CCc1c(O)cccc1[C@@H](N)COC. The lowest BCUT2D eigenvalue weighted by Crippen LogP contribution is -2.17. The molecule has 0 saturated heterocycles. The van der Waals surface area contributed by atoms with Crippen LogP contribution in [0.3, 0.4) is 0 Å². The Hall–Kier alpha value is -1.06. The van der Waals surface area contributed by atoms with Crippen LogP contribution in [-0.4, -0.2) is 18.8 Å². The lowest BCUT2D eigenvalue weighted by atomic mass is 9.98. The van der Waals surface area contributed by atoms with Crippen LogP contribution in [0.4, 0.5) is 0 Å². The fraction of sp³-hybridized carbons (Fsp3) is 0.455. The first-order valence-electron chi connectivity index (χ1n) is 4.76. The molecule has 0 spiro atoms. The molecule has 1 aromatic rings. The van der Waals surface area contributed by atoms with Crippen LogP contribution in [0, 0.1) is 0 Å². The molecule has 3 nitrogen and oxygen atoms in total. The van der Waals surface area contributed by atoms with Crippen LogP contribution in [0.5, 0.6) is 5.75 Å². The second-order valence-electron chi connectivity index (χ2n) is 3.26. The number of aromatic hydroxyl groups is 1. The van der Waals surface area contributed by atoms with Crippen LogP contribution in [0.15, 0.2) is 18.2 Å². The van der Waals surface area contributed by atoms with E-state index in [1.807, 2.05) is 13.0 Å². The van der Waals surface area contributed by atoms with E-state index in [1.165, 1.54) is 0 Å². The van der Waals surface area contributed by atoms with Crippen LogP contribution in [-0.2, 0) is 11.2 Å². The average Bonchev–Trinajstić information content (AvgIpc) is 2.17. The Kier molecular flexibility index (Phi) is 3.92. The third kappa shape index (κ3) is 2.25. The lowest BCUT2D eigenvalue weighted by molar-refractivity contribution is 0.180. The van der Waals surface area contributed by atoms with Crippen LogP contribution in [0.2, 0.25) is 0 Å². The van der Waals surface area contributed by atoms with Crippen molar-refractivity contribution in [3.63, 3.8) is 0 Å². The minimum Gasteiger partial charge on any atom is -0.508 e. The van der Waals surface area contributed by atoms with Crippen molar-refractivity contribution in [3.05, 3.63) is 29.3 Å². The number of methoxy groups -OCH3 is 1. The minimum atomic E-state index is -0.165. The number of hydrogen-bond acceptors (Lipinski definition) is 3. The molecule has 0 aliphatic rings. The molecule has 14 heavy (non-hydrogen) atoms. The summed E-state index contributed by atoms with van der Waals surface area (Å²) in [6.07, 6.45) is 0.777. The summed E-state index contributed by atoms with van der Waals surface area (Å²) in [5, 5.41) is 9.61. The summed E-state index contributed by atoms with van der Waals surface area (Å²) in [5.41, 5.74) is 7.80. The van der Waals surface area contributed by atoms with Crippen LogP contribution in [0.1, 0.15) is 24.1 Å². The van der Waals surface area contributed by atoms with Gasteiger partial charge in [0, 0.05) is 7.11 Å². The monoisotopic (exact) mass is 195 g/mol. The molecule has 0 aliphatic carbocycles. The molecule has 78 valence electrons. The Labute approximate surface area is 84.5 Å². The van der Waals surface area contributed by atoms with E-state index in [-0.39, 0.29) is 6.04 Å². The molecule has 0 amide bonds. The quantitative estimate of drug-likeness (QED) is 0.767. The number of rotatable bonds is 4. The smallest absolute Gasteiger partial charge is 0.119 e. The van der Waals surface area contributed by atoms with Gasteiger partial charge < -0.3 is 15.6 Å². The van der Waals surface area contributed by atoms with Gasteiger partial charge in [0.05, 0.1) is 12.6 Å². The van der Waals surface area contributed by atoms with Crippen molar-refractivity contribution in [3.8, 4) is 5.75 Å². The molecule has 1 atom stereocenters. The van der Waals surface area contributed by atoms with E-state index in [0.29, 0.717) is 12.4 Å². The fourth-order valence-corrected chi connectivity index (χ4v) is 1.59. The van der Waals surface area contributed by atoms with Gasteiger partial charge in [-0.2, -0.15) is 0 Å². The number of benzene rings is 1. The summed E-state index contributed by atoms with van der Waals surface area (Å²) in [7, 11) is 1.62. The van der Waals surface area contributed by atoms with Gasteiger partial charge in [-0.1, -0.05) is 19.1 Å². The molecule has 3 N–H and O–H groups in total. The van der Waals surface area contributed by atoms with Crippen molar-refractivity contribution in [2.75, 3.05) is 13.7 Å².